The SMILES string of the molecule is O=C(CSc1nc2sc3c(c2c(=O)n1C1CCCC1)CCCC3)NNC(=O)c1cccs1. The van der Waals surface area contributed by atoms with Crippen LogP contribution < -0.4 is 16.4 Å². The minimum absolute atomic E-state index is 0.0511. The molecule has 3 aromatic rings. The van der Waals surface area contributed by atoms with Gasteiger partial charge in [0.1, 0.15) is 4.83 Å². The van der Waals surface area contributed by atoms with Crippen molar-refractivity contribution in [2.24, 2.45) is 0 Å². The van der Waals surface area contributed by atoms with Crippen LogP contribution in [0.3, 0.4) is 0 Å². The number of hydrogen-bond donors (Lipinski definition) is 2. The summed E-state index contributed by atoms with van der Waals surface area (Å²) in [6.45, 7) is 0. The van der Waals surface area contributed by atoms with Crippen molar-refractivity contribution in [1.29, 1.82) is 0 Å². The number of carbonyl (C=O) groups is 2. The van der Waals surface area contributed by atoms with E-state index >= 15 is 0 Å². The third-order valence-corrected chi connectivity index (χ3v) is 9.08. The van der Waals surface area contributed by atoms with Crippen molar-refractivity contribution in [2.45, 2.75) is 62.6 Å². The Hall–Kier alpha value is -2.17. The van der Waals surface area contributed by atoms with Gasteiger partial charge in [0.25, 0.3) is 11.5 Å². The summed E-state index contributed by atoms with van der Waals surface area (Å²) in [6, 6.07) is 3.62. The molecule has 0 radical (unpaired) electrons. The Morgan fingerprint density at radius 3 is 2.75 bits per heavy atom. The molecule has 2 amide bonds. The summed E-state index contributed by atoms with van der Waals surface area (Å²) in [7, 11) is 0. The van der Waals surface area contributed by atoms with Crippen molar-refractivity contribution in [3.05, 3.63) is 43.2 Å². The lowest BCUT2D eigenvalue weighted by Crippen LogP contribution is -2.42. The molecular weight excluding hydrogens is 464 g/mol. The summed E-state index contributed by atoms with van der Waals surface area (Å²) in [5.41, 5.74) is 6.14. The zero-order chi connectivity index (χ0) is 22.1. The molecule has 3 aromatic heterocycles. The largest absolute Gasteiger partial charge is 0.284 e. The predicted molar refractivity (Wildman–Crippen MR) is 129 cm³/mol. The first-order chi connectivity index (χ1) is 15.6. The summed E-state index contributed by atoms with van der Waals surface area (Å²) in [5, 5.41) is 3.21. The number of amides is 2. The van der Waals surface area contributed by atoms with Crippen LogP contribution in [0.2, 0.25) is 0 Å². The van der Waals surface area contributed by atoms with Crippen LogP contribution in [0.25, 0.3) is 10.2 Å². The van der Waals surface area contributed by atoms with Crippen LogP contribution in [0, 0.1) is 0 Å². The van der Waals surface area contributed by atoms with Crippen LogP contribution in [0.15, 0.2) is 27.5 Å². The van der Waals surface area contributed by atoms with Crippen molar-refractivity contribution in [1.82, 2.24) is 20.4 Å². The minimum Gasteiger partial charge on any atom is -0.284 e. The highest BCUT2D eigenvalue weighted by Gasteiger charge is 2.27. The molecule has 0 bridgehead atoms. The molecule has 0 aromatic carbocycles. The van der Waals surface area contributed by atoms with Gasteiger partial charge < -0.3 is 0 Å². The van der Waals surface area contributed by atoms with E-state index in [4.69, 9.17) is 4.98 Å². The van der Waals surface area contributed by atoms with Crippen LogP contribution in [0.1, 0.15) is 64.7 Å². The summed E-state index contributed by atoms with van der Waals surface area (Å²) < 4.78 is 1.85. The lowest BCUT2D eigenvalue weighted by atomic mass is 9.97. The number of nitrogens with zero attached hydrogens (tertiary/aromatic N) is 2. The molecule has 0 atom stereocenters. The smallest absolute Gasteiger partial charge is 0.279 e. The molecule has 5 rings (SSSR count). The lowest BCUT2D eigenvalue weighted by molar-refractivity contribution is -0.119. The number of carbonyl (C=O) groups excluding carboxylic acids is 2. The van der Waals surface area contributed by atoms with Gasteiger partial charge in [0.05, 0.1) is 16.0 Å². The Bertz CT molecular complexity index is 1210. The van der Waals surface area contributed by atoms with Crippen molar-refractivity contribution in [2.75, 3.05) is 5.75 Å². The van der Waals surface area contributed by atoms with Crippen LogP contribution >= 0.6 is 34.4 Å². The molecule has 32 heavy (non-hydrogen) atoms. The highest BCUT2D eigenvalue weighted by Crippen LogP contribution is 2.37. The molecular formula is C22H24N4O3S3. The highest BCUT2D eigenvalue weighted by molar-refractivity contribution is 7.99. The third-order valence-electron chi connectivity index (χ3n) is 6.07. The average molecular weight is 489 g/mol. The first-order valence-electron chi connectivity index (χ1n) is 10.9. The van der Waals surface area contributed by atoms with E-state index in [-0.39, 0.29) is 29.2 Å². The van der Waals surface area contributed by atoms with E-state index in [0.717, 1.165) is 61.6 Å². The van der Waals surface area contributed by atoms with Crippen LogP contribution in [-0.2, 0) is 17.6 Å². The van der Waals surface area contributed by atoms with Gasteiger partial charge in [0.2, 0.25) is 5.91 Å². The van der Waals surface area contributed by atoms with Gasteiger partial charge in [-0.1, -0.05) is 30.7 Å². The molecule has 1 saturated carbocycles. The van der Waals surface area contributed by atoms with Crippen molar-refractivity contribution >= 4 is 56.5 Å². The Morgan fingerprint density at radius 2 is 1.97 bits per heavy atom. The molecule has 0 aliphatic heterocycles. The molecule has 2 aliphatic rings. The summed E-state index contributed by atoms with van der Waals surface area (Å²) in [5.74, 6) is -0.608. The van der Waals surface area contributed by atoms with Gasteiger partial charge in [-0.3, -0.25) is 29.8 Å². The van der Waals surface area contributed by atoms with Gasteiger partial charge in [0.15, 0.2) is 5.16 Å². The molecule has 0 unspecified atom stereocenters. The van der Waals surface area contributed by atoms with Crippen LogP contribution in [0.5, 0.6) is 0 Å². The molecule has 168 valence electrons. The van der Waals surface area contributed by atoms with Crippen LogP contribution in [-0.4, -0.2) is 27.1 Å². The van der Waals surface area contributed by atoms with Crippen molar-refractivity contribution in [3.63, 3.8) is 0 Å². The number of nitrogens with one attached hydrogen (secondary N) is 2. The fourth-order valence-corrected chi connectivity index (χ4v) is 7.33. The lowest BCUT2D eigenvalue weighted by Gasteiger charge is -2.18. The molecule has 0 spiro atoms. The normalized spacial score (nSPS) is 16.2. The van der Waals surface area contributed by atoms with Gasteiger partial charge in [-0.05, 0) is 55.5 Å². The topological polar surface area (TPSA) is 93.1 Å². The molecule has 2 N–H and O–H groups in total. The van der Waals surface area contributed by atoms with E-state index in [0.29, 0.717) is 10.0 Å². The van der Waals surface area contributed by atoms with Gasteiger partial charge >= 0.3 is 0 Å². The first-order valence-corrected chi connectivity index (χ1v) is 13.6. The quantitative estimate of drug-likeness (QED) is 0.321. The zero-order valence-corrected chi connectivity index (χ0v) is 20.0. The number of hydrogen-bond acceptors (Lipinski definition) is 7. The van der Waals surface area contributed by atoms with E-state index in [2.05, 4.69) is 10.9 Å². The van der Waals surface area contributed by atoms with E-state index in [1.54, 1.807) is 28.8 Å². The third kappa shape index (κ3) is 4.23. The Morgan fingerprint density at radius 1 is 1.16 bits per heavy atom. The second-order valence-corrected chi connectivity index (χ2v) is 11.1. The van der Waals surface area contributed by atoms with Crippen LogP contribution in [0.4, 0.5) is 0 Å². The van der Waals surface area contributed by atoms with Gasteiger partial charge in [0, 0.05) is 10.9 Å². The number of aromatic nitrogens is 2. The number of rotatable bonds is 5. The number of fused-ring (bicyclic) bond motifs is 3. The standard InChI is InChI=1S/C22H24N4O3S3/c27-17(24-25-19(28)16-10-5-11-30-16)12-31-22-23-20-18(14-8-3-4-9-15(14)32-20)21(29)26(22)13-6-1-2-7-13/h5,10-11,13H,1-4,6-9,12H2,(H,24,27)(H,25,28). The van der Waals surface area contributed by atoms with E-state index in [9.17, 15) is 14.4 Å². The maximum Gasteiger partial charge on any atom is 0.279 e. The van der Waals surface area contributed by atoms with Gasteiger partial charge in [-0.2, -0.15) is 0 Å². The minimum atomic E-state index is -0.343. The number of thioether (sulfide) groups is 1. The predicted octanol–water partition coefficient (Wildman–Crippen LogP) is 4.07. The maximum absolute atomic E-state index is 13.6. The fraction of sp³-hybridized carbons (Fsp3) is 0.455. The van der Waals surface area contributed by atoms with Crippen molar-refractivity contribution in [3.8, 4) is 0 Å². The molecule has 10 heteroatoms. The van der Waals surface area contributed by atoms with E-state index in [1.807, 2.05) is 4.57 Å². The molecule has 2 aliphatic carbocycles. The summed E-state index contributed by atoms with van der Waals surface area (Å²) in [4.78, 5) is 45.5. The number of aryl methyl sites for hydroxylation is 2. The second-order valence-electron chi connectivity index (χ2n) is 8.17. The maximum atomic E-state index is 13.6. The molecule has 1 fully saturated rings. The Kier molecular flexibility index (Phi) is 6.34. The number of hydrazine groups is 1. The summed E-state index contributed by atoms with van der Waals surface area (Å²) in [6.07, 6.45) is 8.41. The fourth-order valence-electron chi connectivity index (χ4n) is 4.55. The summed E-state index contributed by atoms with van der Waals surface area (Å²) >= 11 is 4.20. The monoisotopic (exact) mass is 488 g/mol. The zero-order valence-electron chi connectivity index (χ0n) is 17.5. The second kappa shape index (κ2) is 9.36. The van der Waals surface area contributed by atoms with Crippen molar-refractivity contribution < 1.29 is 9.59 Å². The Labute approximate surface area is 197 Å². The first kappa shape index (κ1) is 21.7. The van der Waals surface area contributed by atoms with E-state index in [1.165, 1.54) is 33.5 Å². The highest BCUT2D eigenvalue weighted by atomic mass is 32.2. The number of thiophene rings is 2. The molecule has 0 saturated heterocycles. The van der Waals surface area contributed by atoms with Gasteiger partial charge in [-0.25, -0.2) is 4.98 Å². The average Bonchev–Trinajstić information content (AvgIpc) is 3.56. The molecule has 3 heterocycles. The molecule has 7 nitrogen and oxygen atoms in total. The van der Waals surface area contributed by atoms with Gasteiger partial charge in [-0.15, -0.1) is 22.7 Å². The Balaban J connectivity index is 1.37. The van der Waals surface area contributed by atoms with E-state index < -0.39 is 0 Å².